The van der Waals surface area contributed by atoms with Gasteiger partial charge in [0.1, 0.15) is 0 Å². The fourth-order valence-electron chi connectivity index (χ4n) is 6.42. The molecule has 5 heteroatoms. The Morgan fingerprint density at radius 3 is 0.732 bits per heavy atom. The van der Waals surface area contributed by atoms with E-state index >= 15 is 0 Å². The molecule has 5 heterocycles. The van der Waals surface area contributed by atoms with Crippen LogP contribution in [0, 0.1) is 0 Å². The Kier molecular flexibility index (Phi) is 5.30. The van der Waals surface area contributed by atoms with Crippen molar-refractivity contribution in [2.75, 3.05) is 0 Å². The Hall–Kier alpha value is -4.90. The summed E-state index contributed by atoms with van der Waals surface area (Å²) < 4.78 is 0. The predicted molar refractivity (Wildman–Crippen MR) is 166 cm³/mol. The monoisotopic (exact) mass is 563 g/mol. The van der Waals surface area contributed by atoms with E-state index in [0.29, 0.717) is 0 Å². The van der Waals surface area contributed by atoms with E-state index in [1.807, 2.05) is 0 Å². The molecule has 0 unspecified atom stereocenters. The first-order valence-corrected chi connectivity index (χ1v) is 13.6. The summed E-state index contributed by atoms with van der Waals surface area (Å²) in [6.07, 6.45) is 8.98. The molecule has 0 spiro atoms. The molecule has 1 aliphatic rings. The van der Waals surface area contributed by atoms with Crippen molar-refractivity contribution >= 4 is 67.4 Å². The molecule has 0 saturated carbocycles. The Morgan fingerprint density at radius 1 is 0.268 bits per heavy atom. The normalized spacial score (nSPS) is 12.5. The van der Waals surface area contributed by atoms with Crippen molar-refractivity contribution in [3.8, 4) is 0 Å². The van der Waals surface area contributed by atoms with Crippen LogP contribution in [0.3, 0.4) is 0 Å². The van der Waals surface area contributed by atoms with Gasteiger partial charge in [0.15, 0.2) is 0 Å². The summed E-state index contributed by atoms with van der Waals surface area (Å²) in [7, 11) is 0. The summed E-state index contributed by atoms with van der Waals surface area (Å²) >= 11 is 0. The first-order valence-electron chi connectivity index (χ1n) is 13.6. The summed E-state index contributed by atoms with van der Waals surface area (Å²) in [6, 6.07) is 34.4. The molecule has 0 saturated heterocycles. The third-order valence-corrected chi connectivity index (χ3v) is 8.26. The van der Waals surface area contributed by atoms with Gasteiger partial charge in [-0.1, -0.05) is 97.1 Å². The molecular formula is C36H24N4V. The van der Waals surface area contributed by atoms with Gasteiger partial charge in [-0.25, -0.2) is 0 Å². The number of hydrogen-bond acceptors (Lipinski definition) is 0. The number of hydrogen-bond donors (Lipinski definition) is 4. The van der Waals surface area contributed by atoms with Gasteiger partial charge in [-0.2, -0.15) is 0 Å². The van der Waals surface area contributed by atoms with E-state index in [-0.39, 0.29) is 18.6 Å². The fourth-order valence-corrected chi connectivity index (χ4v) is 6.42. The Bertz CT molecular complexity index is 2210. The maximum atomic E-state index is 3.75. The van der Waals surface area contributed by atoms with E-state index in [0.717, 1.165) is 44.2 Å². The Labute approximate surface area is 246 Å². The quantitative estimate of drug-likeness (QED) is 0.195. The third-order valence-electron chi connectivity index (χ3n) is 8.26. The molecule has 4 aromatic carbocycles. The smallest absolute Gasteiger partial charge is 0.0485 e. The van der Waals surface area contributed by atoms with Crippen molar-refractivity contribution in [3.63, 3.8) is 0 Å². The SMILES string of the molecule is C1=c2[nH]c(c3ccccc23)=Cc2[nH]c(c3ccccc23)C=c2[nH]c(c3ccccc23)=Cc2[nH]c1c1ccccc21.[V]. The van der Waals surface area contributed by atoms with Crippen molar-refractivity contribution < 1.29 is 18.6 Å². The van der Waals surface area contributed by atoms with E-state index in [1.165, 1.54) is 43.1 Å². The number of benzene rings is 4. The number of H-pyrrole nitrogens is 4. The van der Waals surface area contributed by atoms with Crippen LogP contribution in [-0.2, 0) is 18.6 Å². The van der Waals surface area contributed by atoms with Crippen molar-refractivity contribution in [1.29, 1.82) is 0 Å². The van der Waals surface area contributed by atoms with E-state index in [4.69, 9.17) is 0 Å². The minimum absolute atomic E-state index is 0. The van der Waals surface area contributed by atoms with E-state index in [2.05, 4.69) is 141 Å². The zero-order valence-electron chi connectivity index (χ0n) is 22.0. The molecule has 8 bridgehead atoms. The molecule has 0 amide bonds. The van der Waals surface area contributed by atoms with Gasteiger partial charge in [0.05, 0.1) is 0 Å². The molecule has 1 aliphatic heterocycles. The second kappa shape index (κ2) is 9.07. The fraction of sp³-hybridized carbons (Fsp3) is 0. The van der Waals surface area contributed by atoms with Crippen LogP contribution in [0.15, 0.2) is 97.1 Å². The number of aromatic amines is 4. The van der Waals surface area contributed by atoms with Crippen LogP contribution in [0.2, 0.25) is 0 Å². The van der Waals surface area contributed by atoms with Gasteiger partial charge < -0.3 is 19.9 Å². The Balaban J connectivity index is 0.00000256. The first-order chi connectivity index (χ1) is 19.8. The minimum Gasteiger partial charge on any atom is -0.354 e. The standard InChI is InChI=1S/C36H24N4.V/c1-2-10-22-21(9-1)29-17-31-23-11-3-4-12-24(23)33(38-31)19-35-27-15-7-8-16-28(27)36(40-35)20-34-26-14-6-5-13-25(26)32(39-34)18-30(22)37-29;/h1-20,37-40H;. The maximum Gasteiger partial charge on any atom is 0.0485 e. The molecule has 4 aromatic heterocycles. The minimum atomic E-state index is 0. The number of nitrogens with one attached hydrogen (secondary N) is 4. The Morgan fingerprint density at radius 2 is 0.488 bits per heavy atom. The zero-order valence-corrected chi connectivity index (χ0v) is 23.4. The summed E-state index contributed by atoms with van der Waals surface area (Å²) in [5, 5.41) is 13.9. The molecule has 193 valence electrons. The van der Waals surface area contributed by atoms with Gasteiger partial charge in [-0.05, 0) is 24.3 Å². The first kappa shape index (κ1) is 23.9. The molecule has 1 radical (unpaired) electrons. The summed E-state index contributed by atoms with van der Waals surface area (Å²) in [5.74, 6) is 0. The molecule has 9 rings (SSSR count). The van der Waals surface area contributed by atoms with Crippen molar-refractivity contribution in [2.24, 2.45) is 0 Å². The molecule has 0 fully saturated rings. The average molecular weight is 564 g/mol. The molecule has 4 N–H and O–H groups in total. The van der Waals surface area contributed by atoms with Crippen LogP contribution in [0.25, 0.3) is 67.4 Å². The van der Waals surface area contributed by atoms with Crippen molar-refractivity contribution in [3.05, 3.63) is 141 Å². The van der Waals surface area contributed by atoms with Gasteiger partial charge in [-0.15, -0.1) is 0 Å². The van der Waals surface area contributed by atoms with Gasteiger partial charge in [0, 0.05) is 106 Å². The largest absolute Gasteiger partial charge is 0.354 e. The van der Waals surface area contributed by atoms with E-state index < -0.39 is 0 Å². The molecule has 41 heavy (non-hydrogen) atoms. The van der Waals surface area contributed by atoms with Crippen LogP contribution >= 0.6 is 0 Å². The van der Waals surface area contributed by atoms with Crippen LogP contribution < -0.4 is 21.4 Å². The predicted octanol–water partition coefficient (Wildman–Crippen LogP) is 5.24. The second-order valence-electron chi connectivity index (χ2n) is 10.6. The van der Waals surface area contributed by atoms with Crippen LogP contribution in [0.5, 0.6) is 0 Å². The van der Waals surface area contributed by atoms with Crippen LogP contribution in [0.1, 0.15) is 22.8 Å². The average Bonchev–Trinajstić information content (AvgIpc) is 3.73. The van der Waals surface area contributed by atoms with E-state index in [9.17, 15) is 0 Å². The topological polar surface area (TPSA) is 63.2 Å². The molecule has 0 atom stereocenters. The van der Waals surface area contributed by atoms with Gasteiger partial charge in [0.2, 0.25) is 0 Å². The number of aromatic nitrogens is 4. The number of rotatable bonds is 0. The molecular weight excluding hydrogens is 539 g/mol. The van der Waals surface area contributed by atoms with Gasteiger partial charge in [0.25, 0.3) is 0 Å². The summed E-state index contributed by atoms with van der Waals surface area (Å²) in [6.45, 7) is 0. The third kappa shape index (κ3) is 3.62. The van der Waals surface area contributed by atoms with Crippen LogP contribution in [-0.4, -0.2) is 19.9 Å². The van der Waals surface area contributed by atoms with Gasteiger partial charge >= 0.3 is 0 Å². The van der Waals surface area contributed by atoms with Crippen molar-refractivity contribution in [1.82, 2.24) is 19.9 Å². The van der Waals surface area contributed by atoms with Gasteiger partial charge in [-0.3, -0.25) is 0 Å². The molecule has 8 aromatic rings. The van der Waals surface area contributed by atoms with E-state index in [1.54, 1.807) is 0 Å². The van der Waals surface area contributed by atoms with Crippen molar-refractivity contribution in [2.45, 2.75) is 0 Å². The zero-order chi connectivity index (χ0) is 26.2. The second-order valence-corrected chi connectivity index (χ2v) is 10.6. The summed E-state index contributed by atoms with van der Waals surface area (Å²) in [5.41, 5.74) is 4.34. The van der Waals surface area contributed by atoms with Crippen LogP contribution in [0.4, 0.5) is 0 Å². The molecule has 4 nitrogen and oxygen atoms in total. The maximum absolute atomic E-state index is 3.75. The number of fused-ring (bicyclic) bond motifs is 20. The molecule has 0 aliphatic carbocycles. The summed E-state index contributed by atoms with van der Waals surface area (Å²) in [4.78, 5) is 15.0.